The van der Waals surface area contributed by atoms with E-state index in [4.69, 9.17) is 4.74 Å². The first-order valence-electron chi connectivity index (χ1n) is 12.1. The molecule has 3 rings (SSSR count). The van der Waals surface area contributed by atoms with Gasteiger partial charge in [-0.05, 0) is 50.3 Å². The maximum absolute atomic E-state index is 12.6. The zero-order valence-electron chi connectivity index (χ0n) is 20.6. The number of ether oxygens (including phenoxy) is 1. The lowest BCUT2D eigenvalue weighted by Gasteiger charge is -2.35. The van der Waals surface area contributed by atoms with E-state index in [2.05, 4.69) is 41.3 Å². The fourth-order valence-electron chi connectivity index (χ4n) is 4.19. The van der Waals surface area contributed by atoms with Crippen LogP contribution in [0.4, 0.5) is 0 Å². The maximum atomic E-state index is 12.6. The van der Waals surface area contributed by atoms with E-state index in [1.165, 1.54) is 16.7 Å². The first kappa shape index (κ1) is 25.7. The predicted octanol–water partition coefficient (Wildman–Crippen LogP) is 5.78. The summed E-state index contributed by atoms with van der Waals surface area (Å²) in [5, 5.41) is 11.3. The van der Waals surface area contributed by atoms with Crippen LogP contribution in [0.25, 0.3) is 0 Å². The zero-order valence-corrected chi connectivity index (χ0v) is 20.6. The number of hydrogen-bond acceptors (Lipinski definition) is 4. The minimum Gasteiger partial charge on any atom is -0.460 e. The summed E-state index contributed by atoms with van der Waals surface area (Å²) >= 11 is 0. The fourth-order valence-corrected chi connectivity index (χ4v) is 4.19. The van der Waals surface area contributed by atoms with Crippen molar-refractivity contribution in [2.45, 2.75) is 70.9 Å². The van der Waals surface area contributed by atoms with Crippen molar-refractivity contribution in [2.75, 3.05) is 0 Å². The van der Waals surface area contributed by atoms with Gasteiger partial charge in [0.1, 0.15) is 5.60 Å². The van der Waals surface area contributed by atoms with E-state index in [1.807, 2.05) is 75.4 Å². The molecular formula is C30H37NO3. The molecule has 0 aliphatic heterocycles. The molecule has 0 saturated heterocycles. The minimum absolute atomic E-state index is 0.0309. The van der Waals surface area contributed by atoms with Gasteiger partial charge >= 0.3 is 5.97 Å². The molecule has 3 aromatic rings. The largest absolute Gasteiger partial charge is 0.460 e. The number of hydrogen-bond donors (Lipinski definition) is 1. The van der Waals surface area contributed by atoms with Crippen molar-refractivity contribution in [3.63, 3.8) is 0 Å². The monoisotopic (exact) mass is 459 g/mol. The summed E-state index contributed by atoms with van der Waals surface area (Å²) in [6, 6.07) is 30.6. The lowest BCUT2D eigenvalue weighted by atomic mass is 9.96. The topological polar surface area (TPSA) is 49.8 Å². The average Bonchev–Trinajstić information content (AvgIpc) is 2.80. The molecule has 0 aromatic heterocycles. The SMILES string of the molecule is CC(C)(C)OC(=O)C[C@H](O)[C@H](CCc1ccccc1)N(Cc1ccccc1)Cc1ccccc1. The zero-order chi connectivity index (χ0) is 24.4. The Kier molecular flexibility index (Phi) is 9.43. The van der Waals surface area contributed by atoms with Crippen molar-refractivity contribution in [3.05, 3.63) is 108 Å². The highest BCUT2D eigenvalue weighted by Gasteiger charge is 2.30. The Morgan fingerprint density at radius 2 is 1.24 bits per heavy atom. The van der Waals surface area contributed by atoms with Gasteiger partial charge in [0, 0.05) is 19.1 Å². The molecule has 0 amide bonds. The molecule has 180 valence electrons. The molecule has 0 fully saturated rings. The number of carbonyl (C=O) groups excluding carboxylic acids is 1. The van der Waals surface area contributed by atoms with Crippen LogP contribution in [0.2, 0.25) is 0 Å². The number of carbonyl (C=O) groups is 1. The molecule has 0 aliphatic carbocycles. The summed E-state index contributed by atoms with van der Waals surface area (Å²) in [7, 11) is 0. The van der Waals surface area contributed by atoms with E-state index < -0.39 is 11.7 Å². The molecule has 0 heterocycles. The molecule has 4 heteroatoms. The third kappa shape index (κ3) is 8.77. The van der Waals surface area contributed by atoms with Gasteiger partial charge < -0.3 is 9.84 Å². The summed E-state index contributed by atoms with van der Waals surface area (Å²) < 4.78 is 5.52. The molecule has 3 aromatic carbocycles. The molecule has 4 nitrogen and oxygen atoms in total. The van der Waals surface area contributed by atoms with Gasteiger partial charge in [0.05, 0.1) is 12.5 Å². The molecule has 0 saturated carbocycles. The van der Waals surface area contributed by atoms with Crippen LogP contribution in [0.5, 0.6) is 0 Å². The van der Waals surface area contributed by atoms with Crippen molar-refractivity contribution < 1.29 is 14.6 Å². The van der Waals surface area contributed by atoms with Crippen LogP contribution in [0, 0.1) is 0 Å². The number of aryl methyl sites for hydroxylation is 1. The second kappa shape index (κ2) is 12.5. The highest BCUT2D eigenvalue weighted by molar-refractivity contribution is 5.70. The summed E-state index contributed by atoms with van der Waals surface area (Å²) in [6.07, 6.45) is 0.674. The van der Waals surface area contributed by atoms with Crippen LogP contribution >= 0.6 is 0 Å². The van der Waals surface area contributed by atoms with Gasteiger partial charge in [0.15, 0.2) is 0 Å². The molecule has 0 radical (unpaired) electrons. The number of aliphatic hydroxyl groups is 1. The van der Waals surface area contributed by atoms with Crippen LogP contribution in [0.3, 0.4) is 0 Å². The van der Waals surface area contributed by atoms with Crippen LogP contribution in [0.1, 0.15) is 50.3 Å². The van der Waals surface area contributed by atoms with Gasteiger partial charge in [-0.25, -0.2) is 0 Å². The smallest absolute Gasteiger partial charge is 0.308 e. The molecule has 0 aliphatic rings. The molecule has 0 spiro atoms. The highest BCUT2D eigenvalue weighted by Crippen LogP contribution is 2.22. The first-order chi connectivity index (χ1) is 16.3. The van der Waals surface area contributed by atoms with Gasteiger partial charge in [-0.2, -0.15) is 0 Å². The van der Waals surface area contributed by atoms with Crippen LogP contribution in [-0.2, 0) is 29.0 Å². The maximum Gasteiger partial charge on any atom is 0.308 e. The summed E-state index contributed by atoms with van der Waals surface area (Å²) in [5.74, 6) is -0.371. The molecule has 2 atom stereocenters. The Morgan fingerprint density at radius 1 is 0.794 bits per heavy atom. The number of benzene rings is 3. The lowest BCUT2D eigenvalue weighted by Crippen LogP contribution is -2.44. The third-order valence-electron chi connectivity index (χ3n) is 5.74. The highest BCUT2D eigenvalue weighted by atomic mass is 16.6. The second-order valence-electron chi connectivity index (χ2n) is 9.83. The summed E-state index contributed by atoms with van der Waals surface area (Å²) in [6.45, 7) is 6.91. The van der Waals surface area contributed by atoms with E-state index >= 15 is 0 Å². The Morgan fingerprint density at radius 3 is 1.68 bits per heavy atom. The quantitative estimate of drug-likeness (QED) is 0.369. The second-order valence-corrected chi connectivity index (χ2v) is 9.83. The third-order valence-corrected chi connectivity index (χ3v) is 5.74. The fraction of sp³-hybridized carbons (Fsp3) is 0.367. The molecule has 0 unspecified atom stereocenters. The van der Waals surface area contributed by atoms with Gasteiger partial charge in [-0.15, -0.1) is 0 Å². The Bertz CT molecular complexity index is 942. The number of nitrogens with zero attached hydrogens (tertiary/aromatic N) is 1. The van der Waals surface area contributed by atoms with Gasteiger partial charge in [-0.3, -0.25) is 9.69 Å². The average molecular weight is 460 g/mol. The normalized spacial score (nSPS) is 13.4. The number of rotatable bonds is 11. The number of esters is 1. The van der Waals surface area contributed by atoms with Gasteiger partial charge in [0.2, 0.25) is 0 Å². The van der Waals surface area contributed by atoms with Crippen LogP contribution in [0.15, 0.2) is 91.0 Å². The van der Waals surface area contributed by atoms with E-state index in [0.717, 1.165) is 12.8 Å². The number of aliphatic hydroxyl groups excluding tert-OH is 1. The van der Waals surface area contributed by atoms with E-state index in [9.17, 15) is 9.90 Å². The van der Waals surface area contributed by atoms with Crippen molar-refractivity contribution >= 4 is 5.97 Å². The van der Waals surface area contributed by atoms with Gasteiger partial charge in [0.25, 0.3) is 0 Å². The first-order valence-corrected chi connectivity index (χ1v) is 12.1. The van der Waals surface area contributed by atoms with Gasteiger partial charge in [-0.1, -0.05) is 91.0 Å². The van der Waals surface area contributed by atoms with Crippen molar-refractivity contribution in [1.29, 1.82) is 0 Å². The van der Waals surface area contributed by atoms with Crippen LogP contribution in [-0.4, -0.2) is 33.7 Å². The predicted molar refractivity (Wildman–Crippen MR) is 137 cm³/mol. The molecule has 1 N–H and O–H groups in total. The molecule has 0 bridgehead atoms. The Hall–Kier alpha value is -2.95. The Balaban J connectivity index is 1.85. The van der Waals surface area contributed by atoms with E-state index in [0.29, 0.717) is 13.1 Å². The Labute approximate surface area is 204 Å². The lowest BCUT2D eigenvalue weighted by molar-refractivity contribution is -0.158. The summed E-state index contributed by atoms with van der Waals surface area (Å²) in [4.78, 5) is 14.9. The van der Waals surface area contributed by atoms with Crippen molar-refractivity contribution in [3.8, 4) is 0 Å². The minimum atomic E-state index is -0.842. The van der Waals surface area contributed by atoms with E-state index in [1.54, 1.807) is 0 Å². The van der Waals surface area contributed by atoms with E-state index in [-0.39, 0.29) is 18.4 Å². The van der Waals surface area contributed by atoms with Crippen LogP contribution < -0.4 is 0 Å². The van der Waals surface area contributed by atoms with Crippen molar-refractivity contribution in [2.24, 2.45) is 0 Å². The molecular weight excluding hydrogens is 422 g/mol. The van der Waals surface area contributed by atoms with Crippen molar-refractivity contribution in [1.82, 2.24) is 4.90 Å². The standard InChI is InChI=1S/C30H37NO3/c1-30(2,3)34-29(33)21-28(32)27(20-19-24-13-7-4-8-14-24)31(22-25-15-9-5-10-16-25)23-26-17-11-6-12-18-26/h4-18,27-28,32H,19-23H2,1-3H3/t27-,28-/m0/s1. The molecule has 34 heavy (non-hydrogen) atoms. The summed E-state index contributed by atoms with van der Waals surface area (Å²) in [5.41, 5.74) is 2.99.